The van der Waals surface area contributed by atoms with Crippen LogP contribution in [0.2, 0.25) is 0 Å². The lowest BCUT2D eigenvalue weighted by Gasteiger charge is -2.08. The summed E-state index contributed by atoms with van der Waals surface area (Å²) in [6, 6.07) is 0. The first-order valence-corrected chi connectivity index (χ1v) is 3.93. The maximum atomic E-state index is 5.40. The van der Waals surface area contributed by atoms with Crippen LogP contribution in [0.3, 0.4) is 0 Å². The highest BCUT2D eigenvalue weighted by molar-refractivity contribution is 5.52. The van der Waals surface area contributed by atoms with Crippen LogP contribution >= 0.6 is 0 Å². The van der Waals surface area contributed by atoms with E-state index in [0.29, 0.717) is 5.76 Å². The number of nitrogens with zero attached hydrogens (tertiary/aromatic N) is 1. The summed E-state index contributed by atoms with van der Waals surface area (Å²) in [4.78, 5) is 3.76. The van der Waals surface area contributed by atoms with Gasteiger partial charge in [-0.15, -0.1) is 0 Å². The summed E-state index contributed by atoms with van der Waals surface area (Å²) < 4.78 is 5.40. The van der Waals surface area contributed by atoms with Crippen molar-refractivity contribution in [3.05, 3.63) is 24.1 Å². The maximum Gasteiger partial charge on any atom is 0.137 e. The van der Waals surface area contributed by atoms with E-state index >= 15 is 0 Å². The zero-order valence-corrected chi connectivity index (χ0v) is 7.82. The van der Waals surface area contributed by atoms with Crippen LogP contribution in [0.25, 0.3) is 0 Å². The lowest BCUT2D eigenvalue weighted by atomic mass is 10.4. The molecule has 0 aliphatic heterocycles. The molecular weight excluding hydrogens is 152 g/mol. The highest BCUT2D eigenvalue weighted by Gasteiger charge is 1.95. The zero-order chi connectivity index (χ0) is 9.40. The van der Waals surface area contributed by atoms with E-state index in [1.54, 1.807) is 6.20 Å². The van der Waals surface area contributed by atoms with Gasteiger partial charge in [0.2, 0.25) is 0 Å². The van der Waals surface area contributed by atoms with Crippen molar-refractivity contribution in [1.29, 1.82) is 0 Å². The van der Waals surface area contributed by atoms with Crippen molar-refractivity contribution in [2.45, 2.75) is 26.9 Å². The molecule has 0 unspecified atom stereocenters. The van der Waals surface area contributed by atoms with Gasteiger partial charge in [-0.2, -0.15) is 0 Å². The van der Waals surface area contributed by atoms with E-state index in [4.69, 9.17) is 10.5 Å². The molecule has 0 rings (SSSR count). The van der Waals surface area contributed by atoms with E-state index in [1.165, 1.54) is 6.34 Å². The third kappa shape index (κ3) is 5.53. The van der Waals surface area contributed by atoms with Crippen molar-refractivity contribution in [2.75, 3.05) is 0 Å². The van der Waals surface area contributed by atoms with E-state index in [-0.39, 0.29) is 6.10 Å². The topological polar surface area (TPSA) is 47.6 Å². The molecule has 0 radical (unpaired) electrons. The summed E-state index contributed by atoms with van der Waals surface area (Å²) in [5.74, 6) is 0.717. The van der Waals surface area contributed by atoms with Crippen molar-refractivity contribution in [3.8, 4) is 0 Å². The Morgan fingerprint density at radius 1 is 1.50 bits per heavy atom. The Balaban J connectivity index is 4.22. The van der Waals surface area contributed by atoms with Gasteiger partial charge in [-0.25, -0.2) is 4.99 Å². The van der Waals surface area contributed by atoms with E-state index < -0.39 is 0 Å². The van der Waals surface area contributed by atoms with Crippen molar-refractivity contribution in [1.82, 2.24) is 0 Å². The summed E-state index contributed by atoms with van der Waals surface area (Å²) in [5.41, 5.74) is 5.09. The molecule has 0 aliphatic carbocycles. The van der Waals surface area contributed by atoms with Gasteiger partial charge in [0.25, 0.3) is 0 Å². The lowest BCUT2D eigenvalue weighted by Crippen LogP contribution is -2.00. The second-order valence-electron chi connectivity index (χ2n) is 2.50. The van der Waals surface area contributed by atoms with E-state index in [2.05, 4.69) is 4.99 Å². The molecule has 0 amide bonds. The molecule has 0 atom stereocenters. The number of ether oxygens (including phenoxy) is 1. The fraction of sp³-hybridized carbons (Fsp3) is 0.444. The standard InChI is InChI=1S/C9H16N2O/c1-4-5-9(6-11-7-10)12-8(2)3/h4-8H,1-3H3,(H2,10,11)/b5-4-,9-6+. The summed E-state index contributed by atoms with van der Waals surface area (Å²) in [6.45, 7) is 5.84. The maximum absolute atomic E-state index is 5.40. The molecule has 0 saturated heterocycles. The van der Waals surface area contributed by atoms with Gasteiger partial charge in [-0.05, 0) is 26.8 Å². The van der Waals surface area contributed by atoms with E-state index in [1.807, 2.05) is 32.9 Å². The summed E-state index contributed by atoms with van der Waals surface area (Å²) in [5, 5.41) is 0. The average Bonchev–Trinajstić information content (AvgIpc) is 2.00. The highest BCUT2D eigenvalue weighted by Crippen LogP contribution is 2.03. The number of nitrogens with two attached hydrogens (primary N) is 1. The minimum Gasteiger partial charge on any atom is -0.489 e. The molecule has 0 aromatic carbocycles. The molecule has 0 heterocycles. The highest BCUT2D eigenvalue weighted by atomic mass is 16.5. The van der Waals surface area contributed by atoms with Crippen LogP contribution in [0.1, 0.15) is 20.8 Å². The molecular formula is C9H16N2O. The van der Waals surface area contributed by atoms with Crippen molar-refractivity contribution in [2.24, 2.45) is 10.7 Å². The quantitative estimate of drug-likeness (QED) is 0.301. The Bertz CT molecular complexity index is 193. The Morgan fingerprint density at radius 2 is 2.17 bits per heavy atom. The van der Waals surface area contributed by atoms with Crippen LogP contribution in [0.15, 0.2) is 29.1 Å². The van der Waals surface area contributed by atoms with Gasteiger partial charge in [0.05, 0.1) is 18.6 Å². The summed E-state index contributed by atoms with van der Waals surface area (Å²) >= 11 is 0. The largest absolute Gasteiger partial charge is 0.489 e. The van der Waals surface area contributed by atoms with Crippen LogP contribution in [0, 0.1) is 0 Å². The first-order valence-electron chi connectivity index (χ1n) is 3.93. The number of hydrogen-bond donors (Lipinski definition) is 1. The molecule has 12 heavy (non-hydrogen) atoms. The second kappa shape index (κ2) is 6.46. The van der Waals surface area contributed by atoms with Gasteiger partial charge in [0.15, 0.2) is 0 Å². The smallest absolute Gasteiger partial charge is 0.137 e. The lowest BCUT2D eigenvalue weighted by molar-refractivity contribution is 0.157. The molecule has 2 N–H and O–H groups in total. The first kappa shape index (κ1) is 10.8. The minimum atomic E-state index is 0.153. The molecule has 0 fully saturated rings. The van der Waals surface area contributed by atoms with Gasteiger partial charge < -0.3 is 10.5 Å². The van der Waals surface area contributed by atoms with E-state index in [0.717, 1.165) is 0 Å². The van der Waals surface area contributed by atoms with Crippen LogP contribution < -0.4 is 5.73 Å². The third-order valence-electron chi connectivity index (χ3n) is 0.991. The molecule has 0 saturated carbocycles. The third-order valence-corrected chi connectivity index (χ3v) is 0.991. The van der Waals surface area contributed by atoms with Crippen LogP contribution in [0.4, 0.5) is 0 Å². The number of rotatable bonds is 4. The van der Waals surface area contributed by atoms with Gasteiger partial charge in [0, 0.05) is 0 Å². The van der Waals surface area contributed by atoms with Crippen molar-refractivity contribution in [3.63, 3.8) is 0 Å². The molecule has 0 bridgehead atoms. The molecule has 3 heteroatoms. The molecule has 3 nitrogen and oxygen atoms in total. The first-order chi connectivity index (χ1) is 5.70. The number of aliphatic imine (C=N–C) groups is 1. The zero-order valence-electron chi connectivity index (χ0n) is 7.82. The summed E-state index contributed by atoms with van der Waals surface area (Å²) in [6.07, 6.45) is 6.70. The van der Waals surface area contributed by atoms with Crippen molar-refractivity contribution < 1.29 is 4.74 Å². The average molecular weight is 168 g/mol. The molecule has 0 aliphatic rings. The van der Waals surface area contributed by atoms with E-state index in [9.17, 15) is 0 Å². The van der Waals surface area contributed by atoms with Gasteiger partial charge in [-0.1, -0.05) is 6.08 Å². The molecule has 0 spiro atoms. The Hall–Kier alpha value is -1.25. The van der Waals surface area contributed by atoms with Crippen LogP contribution in [-0.4, -0.2) is 12.4 Å². The van der Waals surface area contributed by atoms with Gasteiger partial charge in [0.1, 0.15) is 5.76 Å². The molecule has 68 valence electrons. The Labute approximate surface area is 73.6 Å². The monoisotopic (exact) mass is 168 g/mol. The SMILES string of the molecule is C/C=C\C(=C/N=CN)OC(C)C. The van der Waals surface area contributed by atoms with Gasteiger partial charge in [-0.3, -0.25) is 0 Å². The summed E-state index contributed by atoms with van der Waals surface area (Å²) in [7, 11) is 0. The predicted molar refractivity (Wildman–Crippen MR) is 51.8 cm³/mol. The minimum absolute atomic E-state index is 0.153. The normalized spacial score (nSPS) is 13.5. The van der Waals surface area contributed by atoms with Crippen molar-refractivity contribution >= 4 is 6.34 Å². The Morgan fingerprint density at radius 3 is 2.58 bits per heavy atom. The molecule has 0 aromatic rings. The molecule has 0 aromatic heterocycles. The van der Waals surface area contributed by atoms with Gasteiger partial charge >= 0.3 is 0 Å². The fourth-order valence-corrected chi connectivity index (χ4v) is 0.666. The second-order valence-corrected chi connectivity index (χ2v) is 2.50. The van der Waals surface area contributed by atoms with Crippen LogP contribution in [-0.2, 0) is 4.74 Å². The Kier molecular flexibility index (Phi) is 5.79. The predicted octanol–water partition coefficient (Wildman–Crippen LogP) is 1.82. The fourth-order valence-electron chi connectivity index (χ4n) is 0.666. The number of allylic oxidation sites excluding steroid dienone is 2. The number of hydrogen-bond acceptors (Lipinski definition) is 2. The van der Waals surface area contributed by atoms with Crippen LogP contribution in [0.5, 0.6) is 0 Å².